The standard InChI is InChI=1S/C19H28N2O5/c1-19(2,3)26-17(23)12-20(4)15-10-21(11-16(15)22)18(24)25-13-14-8-6-5-7-9-14/h5-9,15-16,22H,10-13H2,1-4H3/t15-,16-/m1/s1. The summed E-state index contributed by atoms with van der Waals surface area (Å²) in [5.74, 6) is -0.364. The fourth-order valence-electron chi connectivity index (χ4n) is 2.86. The molecule has 0 bridgehead atoms. The van der Waals surface area contributed by atoms with Crippen molar-refractivity contribution in [2.45, 2.75) is 45.1 Å². The number of aliphatic hydroxyl groups is 1. The van der Waals surface area contributed by atoms with Crippen molar-refractivity contribution < 1.29 is 24.2 Å². The van der Waals surface area contributed by atoms with E-state index in [-0.39, 0.29) is 31.7 Å². The van der Waals surface area contributed by atoms with E-state index in [4.69, 9.17) is 9.47 Å². The minimum absolute atomic E-state index is 0.0475. The van der Waals surface area contributed by atoms with Crippen LogP contribution >= 0.6 is 0 Å². The zero-order valence-electron chi connectivity index (χ0n) is 15.8. The molecule has 144 valence electrons. The van der Waals surface area contributed by atoms with Crippen molar-refractivity contribution >= 4 is 12.1 Å². The molecule has 1 aromatic rings. The maximum Gasteiger partial charge on any atom is 0.410 e. The molecule has 2 atom stereocenters. The number of likely N-dealkylation sites (tertiary alicyclic amines) is 1. The van der Waals surface area contributed by atoms with E-state index in [1.54, 1.807) is 32.7 Å². The second-order valence-corrected chi connectivity index (χ2v) is 7.58. The summed E-state index contributed by atoms with van der Waals surface area (Å²) >= 11 is 0. The number of nitrogens with zero attached hydrogens (tertiary/aromatic N) is 2. The second kappa shape index (κ2) is 8.51. The molecule has 1 saturated heterocycles. The molecular formula is C19H28N2O5. The number of carbonyl (C=O) groups excluding carboxylic acids is 2. The molecule has 1 fully saturated rings. The number of carbonyl (C=O) groups is 2. The Labute approximate surface area is 154 Å². The normalized spacial score (nSPS) is 20.3. The highest BCUT2D eigenvalue weighted by Crippen LogP contribution is 2.17. The topological polar surface area (TPSA) is 79.3 Å². The van der Waals surface area contributed by atoms with Crippen LogP contribution in [0.2, 0.25) is 0 Å². The number of rotatable bonds is 5. The lowest BCUT2D eigenvalue weighted by molar-refractivity contribution is -0.156. The van der Waals surface area contributed by atoms with Crippen molar-refractivity contribution in [1.29, 1.82) is 0 Å². The lowest BCUT2D eigenvalue weighted by atomic mass is 10.2. The monoisotopic (exact) mass is 364 g/mol. The number of ether oxygens (including phenoxy) is 2. The predicted molar refractivity (Wildman–Crippen MR) is 96.5 cm³/mol. The Bertz CT molecular complexity index is 614. The Morgan fingerprint density at radius 1 is 1.23 bits per heavy atom. The summed E-state index contributed by atoms with van der Waals surface area (Å²) in [5, 5.41) is 10.3. The molecule has 7 heteroatoms. The smallest absolute Gasteiger partial charge is 0.410 e. The Morgan fingerprint density at radius 3 is 2.50 bits per heavy atom. The minimum Gasteiger partial charge on any atom is -0.459 e. The van der Waals surface area contributed by atoms with Crippen molar-refractivity contribution in [1.82, 2.24) is 9.80 Å². The number of β-amino-alcohol motifs (C(OH)–C–C–N with tert-alkyl or cyclic N) is 1. The van der Waals surface area contributed by atoms with E-state index < -0.39 is 17.8 Å². The SMILES string of the molecule is CN(CC(=O)OC(C)(C)C)[C@@H]1CN(C(=O)OCc2ccccc2)C[C@H]1O. The Kier molecular flexibility index (Phi) is 6.61. The first-order valence-corrected chi connectivity index (χ1v) is 8.71. The highest BCUT2D eigenvalue weighted by molar-refractivity contribution is 5.72. The fraction of sp³-hybridized carbons (Fsp3) is 0.579. The van der Waals surface area contributed by atoms with E-state index in [1.165, 1.54) is 4.90 Å². The van der Waals surface area contributed by atoms with Crippen molar-refractivity contribution in [3.8, 4) is 0 Å². The largest absolute Gasteiger partial charge is 0.459 e. The lowest BCUT2D eigenvalue weighted by Crippen LogP contribution is -2.44. The van der Waals surface area contributed by atoms with Crippen molar-refractivity contribution in [2.24, 2.45) is 0 Å². The zero-order chi connectivity index (χ0) is 19.3. The first kappa shape index (κ1) is 20.2. The molecule has 26 heavy (non-hydrogen) atoms. The summed E-state index contributed by atoms with van der Waals surface area (Å²) in [4.78, 5) is 27.4. The van der Waals surface area contributed by atoms with Gasteiger partial charge in [-0.25, -0.2) is 4.79 Å². The predicted octanol–water partition coefficient (Wildman–Crippen LogP) is 1.64. The van der Waals surface area contributed by atoms with Crippen LogP contribution in [-0.2, 0) is 20.9 Å². The van der Waals surface area contributed by atoms with Crippen LogP contribution < -0.4 is 0 Å². The number of aliphatic hydroxyl groups excluding tert-OH is 1. The van der Waals surface area contributed by atoms with Gasteiger partial charge in [0.1, 0.15) is 12.2 Å². The van der Waals surface area contributed by atoms with Gasteiger partial charge < -0.3 is 19.5 Å². The van der Waals surface area contributed by atoms with Gasteiger partial charge in [0.05, 0.1) is 25.2 Å². The summed E-state index contributed by atoms with van der Waals surface area (Å²) in [5.41, 5.74) is 0.346. The van der Waals surface area contributed by atoms with Crippen LogP contribution in [0.4, 0.5) is 4.79 Å². The van der Waals surface area contributed by atoms with E-state index in [0.717, 1.165) is 5.56 Å². The van der Waals surface area contributed by atoms with Crippen molar-refractivity contribution in [2.75, 3.05) is 26.7 Å². The molecule has 0 aliphatic carbocycles. The molecule has 0 saturated carbocycles. The molecule has 1 N–H and O–H groups in total. The molecule has 0 unspecified atom stereocenters. The molecule has 1 amide bonds. The van der Waals surface area contributed by atoms with Crippen LogP contribution in [0.15, 0.2) is 30.3 Å². The number of amides is 1. The third-order valence-electron chi connectivity index (χ3n) is 4.09. The highest BCUT2D eigenvalue weighted by Gasteiger charge is 2.38. The molecule has 1 heterocycles. The Balaban J connectivity index is 1.83. The zero-order valence-corrected chi connectivity index (χ0v) is 15.8. The van der Waals surface area contributed by atoms with E-state index in [1.807, 2.05) is 30.3 Å². The number of benzene rings is 1. The summed E-state index contributed by atoms with van der Waals surface area (Å²) < 4.78 is 10.6. The van der Waals surface area contributed by atoms with E-state index in [2.05, 4.69) is 0 Å². The molecular weight excluding hydrogens is 336 g/mol. The molecule has 1 aliphatic heterocycles. The number of likely N-dealkylation sites (N-methyl/N-ethyl adjacent to an activating group) is 1. The van der Waals surface area contributed by atoms with Gasteiger partial charge in [-0.2, -0.15) is 0 Å². The Morgan fingerprint density at radius 2 is 1.88 bits per heavy atom. The number of hydrogen-bond acceptors (Lipinski definition) is 6. The molecule has 0 radical (unpaired) electrons. The molecule has 0 aromatic heterocycles. The average molecular weight is 364 g/mol. The lowest BCUT2D eigenvalue weighted by Gasteiger charge is -2.27. The van der Waals surface area contributed by atoms with E-state index in [0.29, 0.717) is 6.54 Å². The third kappa shape index (κ3) is 6.00. The van der Waals surface area contributed by atoms with Gasteiger partial charge in [-0.05, 0) is 33.4 Å². The third-order valence-corrected chi connectivity index (χ3v) is 4.09. The van der Waals surface area contributed by atoms with Crippen LogP contribution in [-0.4, -0.2) is 71.4 Å². The molecule has 0 spiro atoms. The van der Waals surface area contributed by atoms with Gasteiger partial charge in [-0.15, -0.1) is 0 Å². The van der Waals surface area contributed by atoms with E-state index in [9.17, 15) is 14.7 Å². The van der Waals surface area contributed by atoms with Gasteiger partial charge in [-0.3, -0.25) is 9.69 Å². The van der Waals surface area contributed by atoms with Crippen LogP contribution in [0.1, 0.15) is 26.3 Å². The second-order valence-electron chi connectivity index (χ2n) is 7.58. The van der Waals surface area contributed by atoms with Gasteiger partial charge in [0, 0.05) is 6.54 Å². The summed E-state index contributed by atoms with van der Waals surface area (Å²) in [7, 11) is 1.73. The summed E-state index contributed by atoms with van der Waals surface area (Å²) in [6.45, 7) is 6.13. The molecule has 1 aliphatic rings. The Hall–Kier alpha value is -2.12. The van der Waals surface area contributed by atoms with Crippen molar-refractivity contribution in [3.05, 3.63) is 35.9 Å². The highest BCUT2D eigenvalue weighted by atomic mass is 16.6. The van der Waals surface area contributed by atoms with E-state index >= 15 is 0 Å². The first-order chi connectivity index (χ1) is 12.2. The maximum atomic E-state index is 12.2. The van der Waals surface area contributed by atoms with Crippen LogP contribution in [0.25, 0.3) is 0 Å². The van der Waals surface area contributed by atoms with Gasteiger partial charge in [0.2, 0.25) is 0 Å². The number of esters is 1. The van der Waals surface area contributed by atoms with Crippen LogP contribution in [0.3, 0.4) is 0 Å². The number of hydrogen-bond donors (Lipinski definition) is 1. The minimum atomic E-state index is -0.744. The van der Waals surface area contributed by atoms with Gasteiger partial charge in [0.25, 0.3) is 0 Å². The van der Waals surface area contributed by atoms with Gasteiger partial charge >= 0.3 is 12.1 Å². The first-order valence-electron chi connectivity index (χ1n) is 8.71. The molecule has 2 rings (SSSR count). The molecule has 1 aromatic carbocycles. The average Bonchev–Trinajstić information content (AvgIpc) is 2.94. The van der Waals surface area contributed by atoms with Crippen LogP contribution in [0.5, 0.6) is 0 Å². The fourth-order valence-corrected chi connectivity index (χ4v) is 2.86. The maximum absolute atomic E-state index is 12.2. The summed E-state index contributed by atoms with van der Waals surface area (Å²) in [6.07, 6.45) is -1.22. The quantitative estimate of drug-likeness (QED) is 0.800. The van der Waals surface area contributed by atoms with Gasteiger partial charge in [0.15, 0.2) is 0 Å². The molecule has 7 nitrogen and oxygen atoms in total. The van der Waals surface area contributed by atoms with Gasteiger partial charge in [-0.1, -0.05) is 30.3 Å². The van der Waals surface area contributed by atoms with Crippen molar-refractivity contribution in [3.63, 3.8) is 0 Å². The summed E-state index contributed by atoms with van der Waals surface area (Å²) in [6, 6.07) is 9.07. The van der Waals surface area contributed by atoms with Crippen LogP contribution in [0, 0.1) is 0 Å².